The molecular formula is C11H13NO2. The van der Waals surface area contributed by atoms with Crippen LogP contribution in [0.4, 0.5) is 5.69 Å². The molecule has 0 saturated carbocycles. The minimum absolute atomic E-state index is 0.319. The highest BCUT2D eigenvalue weighted by Crippen LogP contribution is 2.19. The second-order valence-corrected chi connectivity index (χ2v) is 3.31. The quantitative estimate of drug-likeness (QED) is 0.524. The van der Waals surface area contributed by atoms with Crippen molar-refractivity contribution in [1.29, 1.82) is 0 Å². The highest BCUT2D eigenvalue weighted by Gasteiger charge is 2.11. The number of nitrogens with zero attached hydrogens (tertiary/aromatic N) is 1. The number of rotatable bonds is 2. The Morgan fingerprint density at radius 2 is 2.00 bits per heavy atom. The first kappa shape index (κ1) is 10.4. The molecule has 0 aromatic heterocycles. The van der Waals surface area contributed by atoms with Crippen molar-refractivity contribution in [3.05, 3.63) is 29.3 Å². The predicted octanol–water partition coefficient (Wildman–Crippen LogP) is 1.47. The largest absolute Gasteiger partial charge is 0.309 e. The Morgan fingerprint density at radius 1 is 1.36 bits per heavy atom. The molecule has 0 atom stereocenters. The summed E-state index contributed by atoms with van der Waals surface area (Å²) in [5, 5.41) is 0. The summed E-state index contributed by atoms with van der Waals surface area (Å²) in [5.74, 6) is -0.531. The molecule has 3 nitrogen and oxygen atoms in total. The van der Waals surface area contributed by atoms with Gasteiger partial charge < -0.3 is 4.90 Å². The van der Waals surface area contributed by atoms with Gasteiger partial charge in [0.05, 0.1) is 0 Å². The maximum atomic E-state index is 11.1. The summed E-state index contributed by atoms with van der Waals surface area (Å²) in [6.07, 6.45) is 0.319. The van der Waals surface area contributed by atoms with Crippen LogP contribution >= 0.6 is 0 Å². The van der Waals surface area contributed by atoms with Crippen LogP contribution in [0.1, 0.15) is 11.1 Å². The molecule has 0 aliphatic rings. The van der Waals surface area contributed by atoms with Crippen molar-refractivity contribution in [2.45, 2.75) is 13.8 Å². The second-order valence-electron chi connectivity index (χ2n) is 3.31. The van der Waals surface area contributed by atoms with Crippen LogP contribution in [0, 0.1) is 13.8 Å². The van der Waals surface area contributed by atoms with E-state index in [1.807, 2.05) is 32.0 Å². The molecule has 0 N–H and O–H groups in total. The molecule has 1 amide bonds. The summed E-state index contributed by atoms with van der Waals surface area (Å²) in [6, 6.07) is 5.73. The molecule has 0 saturated heterocycles. The number of likely N-dealkylation sites (N-methyl/N-ethyl adjacent to an activating group) is 1. The van der Waals surface area contributed by atoms with Crippen molar-refractivity contribution >= 4 is 17.9 Å². The van der Waals surface area contributed by atoms with E-state index < -0.39 is 5.91 Å². The van der Waals surface area contributed by atoms with Crippen molar-refractivity contribution in [3.8, 4) is 0 Å². The van der Waals surface area contributed by atoms with E-state index in [2.05, 4.69) is 0 Å². The predicted molar refractivity (Wildman–Crippen MR) is 55.4 cm³/mol. The van der Waals surface area contributed by atoms with Crippen LogP contribution < -0.4 is 4.90 Å². The molecule has 0 bridgehead atoms. The minimum atomic E-state index is -0.531. The number of anilines is 1. The molecular weight excluding hydrogens is 178 g/mol. The Labute approximate surface area is 83.3 Å². The molecule has 0 radical (unpaired) electrons. The van der Waals surface area contributed by atoms with Crippen LogP contribution in [0.2, 0.25) is 0 Å². The average Bonchev–Trinajstić information content (AvgIpc) is 2.15. The summed E-state index contributed by atoms with van der Waals surface area (Å²) in [7, 11) is 1.59. The SMILES string of the molecule is Cc1ccc(N(C)C(=O)C=O)c(C)c1. The smallest absolute Gasteiger partial charge is 0.290 e. The molecule has 0 unspecified atom stereocenters. The summed E-state index contributed by atoms with van der Waals surface area (Å²) >= 11 is 0. The molecule has 0 fully saturated rings. The van der Waals surface area contributed by atoms with Crippen molar-refractivity contribution < 1.29 is 9.59 Å². The zero-order valence-corrected chi connectivity index (χ0v) is 8.57. The van der Waals surface area contributed by atoms with Gasteiger partial charge in [0.15, 0.2) is 0 Å². The van der Waals surface area contributed by atoms with Gasteiger partial charge in [0.25, 0.3) is 5.91 Å². The van der Waals surface area contributed by atoms with Gasteiger partial charge in [-0.1, -0.05) is 17.7 Å². The third kappa shape index (κ3) is 1.99. The lowest BCUT2D eigenvalue weighted by Crippen LogP contribution is -2.27. The van der Waals surface area contributed by atoms with E-state index >= 15 is 0 Å². The molecule has 1 rings (SSSR count). The normalized spacial score (nSPS) is 9.64. The lowest BCUT2D eigenvalue weighted by Gasteiger charge is -2.16. The van der Waals surface area contributed by atoms with Gasteiger partial charge in [0.1, 0.15) is 0 Å². The Balaban J connectivity index is 3.07. The van der Waals surface area contributed by atoms with Crippen molar-refractivity contribution in [2.75, 3.05) is 11.9 Å². The van der Waals surface area contributed by atoms with Gasteiger partial charge in [-0.15, -0.1) is 0 Å². The Morgan fingerprint density at radius 3 is 2.50 bits per heavy atom. The highest BCUT2D eigenvalue weighted by molar-refractivity contribution is 6.30. The number of hydrogen-bond donors (Lipinski definition) is 0. The van der Waals surface area contributed by atoms with E-state index in [9.17, 15) is 9.59 Å². The van der Waals surface area contributed by atoms with Crippen molar-refractivity contribution in [2.24, 2.45) is 0 Å². The second kappa shape index (κ2) is 4.05. The number of carbonyl (C=O) groups excluding carboxylic acids is 2. The maximum Gasteiger partial charge on any atom is 0.290 e. The van der Waals surface area contributed by atoms with Crippen molar-refractivity contribution in [1.82, 2.24) is 0 Å². The third-order valence-corrected chi connectivity index (χ3v) is 2.15. The standard InChI is InChI=1S/C11H13NO2/c1-8-4-5-10(9(2)6-8)12(3)11(14)7-13/h4-7H,1-3H3. The van der Waals surface area contributed by atoms with E-state index in [0.29, 0.717) is 6.29 Å². The number of hydrogen-bond acceptors (Lipinski definition) is 2. The molecule has 0 heterocycles. The number of aryl methyl sites for hydroxylation is 2. The van der Waals surface area contributed by atoms with E-state index in [0.717, 1.165) is 16.8 Å². The highest BCUT2D eigenvalue weighted by atomic mass is 16.2. The van der Waals surface area contributed by atoms with Crippen LogP contribution in [-0.2, 0) is 9.59 Å². The number of amides is 1. The molecule has 1 aromatic rings. The minimum Gasteiger partial charge on any atom is -0.309 e. The summed E-state index contributed by atoms with van der Waals surface area (Å²) in [6.45, 7) is 3.90. The molecule has 1 aromatic carbocycles. The lowest BCUT2D eigenvalue weighted by molar-refractivity contribution is -0.129. The number of benzene rings is 1. The van der Waals surface area contributed by atoms with Crippen LogP contribution in [0.15, 0.2) is 18.2 Å². The fourth-order valence-corrected chi connectivity index (χ4v) is 1.38. The summed E-state index contributed by atoms with van der Waals surface area (Å²) in [5.41, 5.74) is 2.90. The number of carbonyl (C=O) groups is 2. The zero-order chi connectivity index (χ0) is 10.7. The molecule has 0 spiro atoms. The van der Waals surface area contributed by atoms with Gasteiger partial charge in [0.2, 0.25) is 6.29 Å². The van der Waals surface area contributed by atoms with Crippen molar-refractivity contribution in [3.63, 3.8) is 0 Å². The Kier molecular flexibility index (Phi) is 3.02. The first-order valence-electron chi connectivity index (χ1n) is 4.36. The molecule has 0 aliphatic heterocycles. The fourth-order valence-electron chi connectivity index (χ4n) is 1.38. The maximum absolute atomic E-state index is 11.1. The van der Waals surface area contributed by atoms with Gasteiger partial charge in [-0.25, -0.2) is 0 Å². The van der Waals surface area contributed by atoms with Gasteiger partial charge in [0, 0.05) is 12.7 Å². The topological polar surface area (TPSA) is 37.4 Å². The summed E-state index contributed by atoms with van der Waals surface area (Å²) in [4.78, 5) is 22.8. The Hall–Kier alpha value is -1.64. The first-order valence-corrected chi connectivity index (χ1v) is 4.36. The third-order valence-electron chi connectivity index (χ3n) is 2.15. The van der Waals surface area contributed by atoms with Crippen LogP contribution in [0.3, 0.4) is 0 Å². The monoisotopic (exact) mass is 191 g/mol. The lowest BCUT2D eigenvalue weighted by atomic mass is 10.1. The van der Waals surface area contributed by atoms with Crippen LogP contribution in [0.5, 0.6) is 0 Å². The van der Waals surface area contributed by atoms with Gasteiger partial charge in [-0.3, -0.25) is 9.59 Å². The molecule has 0 aliphatic carbocycles. The van der Waals surface area contributed by atoms with Crippen LogP contribution in [-0.4, -0.2) is 19.2 Å². The summed E-state index contributed by atoms with van der Waals surface area (Å²) < 4.78 is 0. The van der Waals surface area contributed by atoms with Crippen LogP contribution in [0.25, 0.3) is 0 Å². The average molecular weight is 191 g/mol. The van der Waals surface area contributed by atoms with E-state index in [4.69, 9.17) is 0 Å². The molecule has 74 valence electrons. The van der Waals surface area contributed by atoms with Gasteiger partial charge in [-0.05, 0) is 25.5 Å². The molecule has 3 heteroatoms. The Bertz CT molecular complexity index is 372. The number of aldehydes is 1. The van der Waals surface area contributed by atoms with E-state index in [1.165, 1.54) is 4.90 Å². The fraction of sp³-hybridized carbons (Fsp3) is 0.273. The van der Waals surface area contributed by atoms with Gasteiger partial charge in [-0.2, -0.15) is 0 Å². The van der Waals surface area contributed by atoms with Gasteiger partial charge >= 0.3 is 0 Å². The zero-order valence-electron chi connectivity index (χ0n) is 8.57. The van der Waals surface area contributed by atoms with E-state index in [-0.39, 0.29) is 0 Å². The van der Waals surface area contributed by atoms with E-state index in [1.54, 1.807) is 7.05 Å². The molecule has 14 heavy (non-hydrogen) atoms. The first-order chi connectivity index (χ1) is 6.56.